The van der Waals surface area contributed by atoms with Crippen LogP contribution < -0.4 is 0 Å². The molecule has 0 N–H and O–H groups in total. The molecule has 0 aromatic rings. The minimum absolute atomic E-state index is 0.473. The number of fused-ring (bicyclic) bond motifs is 1. The molecular formula is C16H27BrO. The van der Waals surface area contributed by atoms with Crippen molar-refractivity contribution < 1.29 is 4.79 Å². The van der Waals surface area contributed by atoms with Crippen LogP contribution in [0.3, 0.4) is 0 Å². The Kier molecular flexibility index (Phi) is 6.62. The van der Waals surface area contributed by atoms with Gasteiger partial charge in [-0.3, -0.25) is 0 Å². The minimum Gasteiger partial charge on any atom is -0.303 e. The summed E-state index contributed by atoms with van der Waals surface area (Å²) >= 11 is 3.53. The van der Waals surface area contributed by atoms with Crippen LogP contribution in [0.4, 0.5) is 0 Å². The molecule has 3 unspecified atom stereocenters. The molecule has 1 nitrogen and oxygen atoms in total. The number of hydrogen-bond donors (Lipinski definition) is 0. The van der Waals surface area contributed by atoms with Gasteiger partial charge in [0.15, 0.2) is 0 Å². The average Bonchev–Trinajstić information content (AvgIpc) is 2.75. The maximum absolute atomic E-state index is 10.5. The summed E-state index contributed by atoms with van der Waals surface area (Å²) in [5, 5.41) is 0. The van der Waals surface area contributed by atoms with E-state index in [1.54, 1.807) is 5.57 Å². The van der Waals surface area contributed by atoms with Crippen molar-refractivity contribution in [3.05, 3.63) is 10.6 Å². The topological polar surface area (TPSA) is 17.1 Å². The highest BCUT2D eigenvalue weighted by atomic mass is 79.9. The molecule has 2 heteroatoms. The quantitative estimate of drug-likeness (QED) is 0.630. The molecule has 104 valence electrons. The van der Waals surface area contributed by atoms with E-state index in [1.807, 2.05) is 13.8 Å². The highest BCUT2D eigenvalue weighted by molar-refractivity contribution is 9.11. The first-order chi connectivity index (χ1) is 8.72. The third kappa shape index (κ3) is 3.07. The molecule has 0 amide bonds. The van der Waals surface area contributed by atoms with Gasteiger partial charge in [0.1, 0.15) is 6.29 Å². The summed E-state index contributed by atoms with van der Waals surface area (Å²) in [5.74, 6) is 1.54. The maximum atomic E-state index is 10.5. The van der Waals surface area contributed by atoms with Crippen LogP contribution in [-0.2, 0) is 4.79 Å². The lowest BCUT2D eigenvalue weighted by atomic mass is 9.63. The molecule has 0 radical (unpaired) electrons. The van der Waals surface area contributed by atoms with Crippen LogP contribution in [0.15, 0.2) is 10.6 Å². The van der Waals surface area contributed by atoms with E-state index in [-0.39, 0.29) is 0 Å². The van der Waals surface area contributed by atoms with E-state index in [4.69, 9.17) is 0 Å². The monoisotopic (exact) mass is 314 g/mol. The van der Waals surface area contributed by atoms with Crippen molar-refractivity contribution in [2.45, 2.75) is 65.7 Å². The molecule has 0 bridgehead atoms. The molecule has 0 aromatic carbocycles. The maximum Gasteiger partial charge on any atom is 0.120 e. The van der Waals surface area contributed by atoms with Gasteiger partial charge in [0.05, 0.1) is 0 Å². The Morgan fingerprint density at radius 2 is 2.11 bits per heavy atom. The Morgan fingerprint density at radius 3 is 2.72 bits per heavy atom. The Bertz CT molecular complexity index is 297. The van der Waals surface area contributed by atoms with Gasteiger partial charge in [0, 0.05) is 6.42 Å². The molecule has 0 spiro atoms. The van der Waals surface area contributed by atoms with Crippen molar-refractivity contribution in [1.82, 2.24) is 0 Å². The van der Waals surface area contributed by atoms with E-state index >= 15 is 0 Å². The van der Waals surface area contributed by atoms with E-state index in [1.165, 1.54) is 32.1 Å². The summed E-state index contributed by atoms with van der Waals surface area (Å²) < 4.78 is 0. The van der Waals surface area contributed by atoms with Gasteiger partial charge in [-0.05, 0) is 60.8 Å². The second-order valence-corrected chi connectivity index (χ2v) is 6.07. The molecule has 0 heterocycles. The molecule has 0 aromatic heterocycles. The van der Waals surface area contributed by atoms with E-state index in [2.05, 4.69) is 27.8 Å². The van der Waals surface area contributed by atoms with Crippen LogP contribution in [0.5, 0.6) is 0 Å². The van der Waals surface area contributed by atoms with Crippen molar-refractivity contribution >= 4 is 22.2 Å². The predicted molar refractivity (Wildman–Crippen MR) is 81.8 cm³/mol. The van der Waals surface area contributed by atoms with Crippen molar-refractivity contribution in [2.24, 2.45) is 17.3 Å². The van der Waals surface area contributed by atoms with Gasteiger partial charge in [0.25, 0.3) is 0 Å². The average molecular weight is 315 g/mol. The van der Waals surface area contributed by atoms with E-state index in [9.17, 15) is 4.79 Å². The molecule has 18 heavy (non-hydrogen) atoms. The number of aldehydes is 1. The summed E-state index contributed by atoms with van der Waals surface area (Å²) in [4.78, 5) is 12.7. The second-order valence-electron chi connectivity index (χ2n) is 5.61. The van der Waals surface area contributed by atoms with Crippen molar-refractivity contribution in [1.29, 1.82) is 0 Å². The molecule has 0 aliphatic heterocycles. The summed E-state index contributed by atoms with van der Waals surface area (Å²) in [5.41, 5.74) is 2.09. The zero-order chi connectivity index (χ0) is 13.6. The van der Waals surface area contributed by atoms with Crippen LogP contribution in [-0.4, -0.2) is 6.29 Å². The first-order valence-corrected chi connectivity index (χ1v) is 8.36. The molecule has 3 atom stereocenters. The summed E-state index contributed by atoms with van der Waals surface area (Å²) in [7, 11) is 0. The van der Waals surface area contributed by atoms with Gasteiger partial charge < -0.3 is 4.79 Å². The first-order valence-electron chi connectivity index (χ1n) is 7.45. The summed E-state index contributed by atoms with van der Waals surface area (Å²) in [6, 6.07) is 0. The Morgan fingerprint density at radius 1 is 1.39 bits per heavy atom. The Labute approximate surface area is 121 Å². The van der Waals surface area contributed by atoms with Gasteiger partial charge in [0.2, 0.25) is 0 Å². The van der Waals surface area contributed by atoms with E-state index in [0.29, 0.717) is 5.41 Å². The van der Waals surface area contributed by atoms with Gasteiger partial charge >= 0.3 is 0 Å². The molecule has 2 fully saturated rings. The fourth-order valence-electron chi connectivity index (χ4n) is 4.02. The largest absolute Gasteiger partial charge is 0.303 e. The number of carbonyl (C=O) groups is 1. The normalized spacial score (nSPS) is 36.8. The van der Waals surface area contributed by atoms with Crippen molar-refractivity contribution in [3.8, 4) is 0 Å². The number of rotatable bonds is 3. The number of hydrogen-bond acceptors (Lipinski definition) is 1. The van der Waals surface area contributed by atoms with E-state index in [0.717, 1.165) is 31.0 Å². The van der Waals surface area contributed by atoms with Crippen LogP contribution in [0.2, 0.25) is 0 Å². The fourth-order valence-corrected chi connectivity index (χ4v) is 4.57. The van der Waals surface area contributed by atoms with Crippen LogP contribution >= 0.6 is 15.9 Å². The molecule has 0 saturated heterocycles. The Hall–Kier alpha value is -0.110. The highest BCUT2D eigenvalue weighted by Crippen LogP contribution is 2.58. The third-order valence-electron chi connectivity index (χ3n) is 4.93. The molecular weight excluding hydrogens is 288 g/mol. The summed E-state index contributed by atoms with van der Waals surface area (Å²) in [6.45, 7) is 6.45. The summed E-state index contributed by atoms with van der Waals surface area (Å²) in [6.07, 6.45) is 9.53. The van der Waals surface area contributed by atoms with Gasteiger partial charge in [-0.2, -0.15) is 0 Å². The molecule has 2 aliphatic carbocycles. The van der Waals surface area contributed by atoms with Crippen molar-refractivity contribution in [3.63, 3.8) is 0 Å². The van der Waals surface area contributed by atoms with Gasteiger partial charge in [-0.25, -0.2) is 0 Å². The number of allylic oxidation sites excluding steroid dienone is 1. The lowest BCUT2D eigenvalue weighted by Crippen LogP contribution is -2.33. The van der Waals surface area contributed by atoms with Crippen LogP contribution in [0, 0.1) is 17.3 Å². The third-order valence-corrected chi connectivity index (χ3v) is 5.52. The van der Waals surface area contributed by atoms with Crippen LogP contribution in [0.1, 0.15) is 65.7 Å². The second kappa shape index (κ2) is 7.47. The van der Waals surface area contributed by atoms with E-state index < -0.39 is 0 Å². The lowest BCUT2D eigenvalue weighted by molar-refractivity contribution is -0.108. The lowest BCUT2D eigenvalue weighted by Gasteiger charge is -2.42. The molecule has 2 rings (SSSR count). The smallest absolute Gasteiger partial charge is 0.120 e. The number of carbonyl (C=O) groups excluding carboxylic acids is 1. The number of halogens is 1. The zero-order valence-corrected chi connectivity index (χ0v) is 13.6. The van der Waals surface area contributed by atoms with Gasteiger partial charge in [-0.15, -0.1) is 0 Å². The minimum atomic E-state index is 0.473. The Balaban J connectivity index is 0.000000771. The SMILES string of the molecule is CC.CC12CCC/C(=C\Br)C1CCC2CCC=O. The van der Waals surface area contributed by atoms with Crippen LogP contribution in [0.25, 0.3) is 0 Å². The van der Waals surface area contributed by atoms with Gasteiger partial charge in [-0.1, -0.05) is 42.3 Å². The predicted octanol–water partition coefficient (Wildman–Crippen LogP) is 5.49. The molecule has 2 aliphatic rings. The fraction of sp³-hybridized carbons (Fsp3) is 0.812. The standard InChI is InChI=1S/C14H21BrO.C2H6/c1-14-8-2-4-11(10-15)13(14)7-6-12(14)5-3-9-16;1-2/h9-10,12-13H,2-8H2,1H3;1-2H3/b11-10+;. The highest BCUT2D eigenvalue weighted by Gasteiger charge is 2.48. The zero-order valence-electron chi connectivity index (χ0n) is 12.0. The van der Waals surface area contributed by atoms with Crippen molar-refractivity contribution in [2.75, 3.05) is 0 Å². The first kappa shape index (κ1) is 15.9. The molecule has 2 saturated carbocycles.